The Kier molecular flexibility index (Phi) is 5.28. The van der Waals surface area contributed by atoms with Crippen molar-refractivity contribution < 1.29 is 18.8 Å². The van der Waals surface area contributed by atoms with E-state index in [0.717, 1.165) is 0 Å². The van der Waals surface area contributed by atoms with Gasteiger partial charge in [0.05, 0.1) is 22.6 Å². The number of methoxy groups -OCH3 is 1. The van der Waals surface area contributed by atoms with Crippen LogP contribution in [0.25, 0.3) is 22.3 Å². The number of esters is 1. The number of hydrogen-bond acceptors (Lipinski definition) is 5. The lowest BCUT2D eigenvalue weighted by Gasteiger charge is -2.17. The molecule has 0 aliphatic heterocycles. The Bertz CT molecular complexity index is 1060. The second-order valence-electron chi connectivity index (χ2n) is 5.84. The van der Waals surface area contributed by atoms with Crippen LogP contribution in [0, 0.1) is 15.9 Å². The third-order valence-corrected chi connectivity index (χ3v) is 4.57. The molecule has 0 aliphatic carbocycles. The Labute approximate surface area is 164 Å². The van der Waals surface area contributed by atoms with Crippen molar-refractivity contribution in [2.45, 2.75) is 0 Å². The number of nitrogens with two attached hydrogens (primary N) is 1. The third kappa shape index (κ3) is 3.39. The molecule has 3 aromatic rings. The molecule has 0 unspecified atom stereocenters. The molecule has 0 spiro atoms. The summed E-state index contributed by atoms with van der Waals surface area (Å²) >= 11 is 6.19. The molecule has 0 saturated heterocycles. The summed E-state index contributed by atoms with van der Waals surface area (Å²) in [5.74, 6) is -1.35. The molecule has 28 heavy (non-hydrogen) atoms. The molecule has 6 nitrogen and oxygen atoms in total. The fraction of sp³-hybridized carbons (Fsp3) is 0.0500. The van der Waals surface area contributed by atoms with Crippen molar-refractivity contribution in [3.05, 3.63) is 81.1 Å². The van der Waals surface area contributed by atoms with E-state index in [4.69, 9.17) is 22.1 Å². The number of nitro groups is 1. The first-order valence-electron chi connectivity index (χ1n) is 8.05. The number of halogens is 2. The molecule has 3 aromatic carbocycles. The molecular formula is C20H14ClFN2O4. The Morgan fingerprint density at radius 2 is 1.79 bits per heavy atom. The van der Waals surface area contributed by atoms with Crippen LogP contribution < -0.4 is 5.73 Å². The van der Waals surface area contributed by atoms with Crippen LogP contribution in [-0.4, -0.2) is 18.0 Å². The van der Waals surface area contributed by atoms with Gasteiger partial charge in [0, 0.05) is 34.5 Å². The smallest absolute Gasteiger partial charge is 0.338 e. The van der Waals surface area contributed by atoms with Crippen molar-refractivity contribution in [3.63, 3.8) is 0 Å². The van der Waals surface area contributed by atoms with Gasteiger partial charge in [-0.15, -0.1) is 0 Å². The molecular weight excluding hydrogens is 387 g/mol. The second-order valence-corrected chi connectivity index (χ2v) is 6.25. The van der Waals surface area contributed by atoms with Crippen molar-refractivity contribution in [3.8, 4) is 22.3 Å². The van der Waals surface area contributed by atoms with Crippen LogP contribution in [0.15, 0.2) is 54.6 Å². The molecule has 0 bridgehead atoms. The maximum Gasteiger partial charge on any atom is 0.338 e. The lowest BCUT2D eigenvalue weighted by atomic mass is 9.91. The average Bonchev–Trinajstić information content (AvgIpc) is 2.68. The number of carbonyl (C=O) groups excluding carboxylic acids is 1. The minimum atomic E-state index is -0.698. The summed E-state index contributed by atoms with van der Waals surface area (Å²) in [5, 5.41) is 10.9. The molecule has 2 N–H and O–H groups in total. The van der Waals surface area contributed by atoms with Gasteiger partial charge >= 0.3 is 5.97 Å². The van der Waals surface area contributed by atoms with Crippen LogP contribution >= 0.6 is 11.6 Å². The number of anilines is 1. The fourth-order valence-corrected chi connectivity index (χ4v) is 3.18. The molecule has 0 heterocycles. The maximum atomic E-state index is 14.6. The zero-order valence-corrected chi connectivity index (χ0v) is 15.4. The highest BCUT2D eigenvalue weighted by Crippen LogP contribution is 2.42. The monoisotopic (exact) mass is 400 g/mol. The van der Waals surface area contributed by atoms with Gasteiger partial charge in [-0.1, -0.05) is 23.7 Å². The summed E-state index contributed by atoms with van der Waals surface area (Å²) in [7, 11) is 1.20. The quantitative estimate of drug-likeness (QED) is 0.285. The van der Waals surface area contributed by atoms with Gasteiger partial charge in [0.15, 0.2) is 0 Å². The number of nitrogens with zero attached hydrogens (tertiary/aromatic N) is 1. The lowest BCUT2D eigenvalue weighted by Crippen LogP contribution is -2.08. The number of rotatable bonds is 4. The molecule has 0 aliphatic rings. The number of ether oxygens (including phenoxy) is 1. The van der Waals surface area contributed by atoms with Crippen LogP contribution in [0.2, 0.25) is 5.02 Å². The van der Waals surface area contributed by atoms with Gasteiger partial charge in [0.2, 0.25) is 0 Å². The highest BCUT2D eigenvalue weighted by molar-refractivity contribution is 6.34. The van der Waals surface area contributed by atoms with E-state index in [2.05, 4.69) is 0 Å². The Morgan fingerprint density at radius 1 is 1.11 bits per heavy atom. The molecule has 0 fully saturated rings. The predicted molar refractivity (Wildman–Crippen MR) is 105 cm³/mol. The summed E-state index contributed by atoms with van der Waals surface area (Å²) in [6.45, 7) is 0. The van der Waals surface area contributed by atoms with Gasteiger partial charge in [-0.05, 0) is 35.9 Å². The Balaban J connectivity index is 2.29. The number of hydrogen-bond donors (Lipinski definition) is 1. The molecule has 0 amide bonds. The summed E-state index contributed by atoms with van der Waals surface area (Å²) < 4.78 is 19.4. The van der Waals surface area contributed by atoms with Gasteiger partial charge in [-0.3, -0.25) is 10.1 Å². The van der Waals surface area contributed by atoms with Crippen LogP contribution in [-0.2, 0) is 4.74 Å². The van der Waals surface area contributed by atoms with E-state index in [9.17, 15) is 19.3 Å². The van der Waals surface area contributed by atoms with Crippen molar-refractivity contribution in [2.24, 2.45) is 0 Å². The number of benzene rings is 3. The topological polar surface area (TPSA) is 95.5 Å². The Morgan fingerprint density at radius 3 is 2.36 bits per heavy atom. The van der Waals surface area contributed by atoms with Gasteiger partial charge in [-0.25, -0.2) is 9.18 Å². The first kappa shape index (κ1) is 19.3. The average molecular weight is 401 g/mol. The molecule has 142 valence electrons. The molecule has 3 rings (SSSR count). The minimum absolute atomic E-state index is 0.0224. The summed E-state index contributed by atoms with van der Waals surface area (Å²) in [6, 6.07) is 12.9. The Hall–Kier alpha value is -3.45. The second kappa shape index (κ2) is 7.66. The van der Waals surface area contributed by atoms with Gasteiger partial charge < -0.3 is 10.5 Å². The van der Waals surface area contributed by atoms with Crippen LogP contribution in [0.3, 0.4) is 0 Å². The summed E-state index contributed by atoms with van der Waals surface area (Å²) in [6.07, 6.45) is 0. The van der Waals surface area contributed by atoms with Crippen molar-refractivity contribution >= 4 is 28.9 Å². The third-order valence-electron chi connectivity index (χ3n) is 4.25. The van der Waals surface area contributed by atoms with E-state index in [0.29, 0.717) is 11.1 Å². The van der Waals surface area contributed by atoms with E-state index in [1.165, 1.54) is 55.6 Å². The van der Waals surface area contributed by atoms with Crippen LogP contribution in [0.1, 0.15) is 10.4 Å². The van der Waals surface area contributed by atoms with E-state index < -0.39 is 16.7 Å². The first-order valence-corrected chi connectivity index (χ1v) is 8.43. The van der Waals surface area contributed by atoms with E-state index >= 15 is 0 Å². The number of nitrogen functional groups attached to an aromatic ring is 1. The van der Waals surface area contributed by atoms with Crippen molar-refractivity contribution in [1.29, 1.82) is 0 Å². The molecule has 0 radical (unpaired) electrons. The standard InChI is InChI=1S/C20H14ClFN2O4/c1-28-20(25)14-10-9-13(11-5-7-12(8-6-11)24(26)27)19(23)17(14)18-15(21)3-2-4-16(18)22/h2-10H,23H2,1H3. The fourth-order valence-electron chi connectivity index (χ4n) is 2.92. The SMILES string of the molecule is COC(=O)c1ccc(-c2ccc([N+](=O)[O-])cc2)c(N)c1-c1c(F)cccc1Cl. The predicted octanol–water partition coefficient (Wildman–Crippen LogP) is 5.09. The summed E-state index contributed by atoms with van der Waals surface area (Å²) in [4.78, 5) is 22.6. The highest BCUT2D eigenvalue weighted by Gasteiger charge is 2.23. The molecule has 0 atom stereocenters. The first-order chi connectivity index (χ1) is 13.3. The number of nitro benzene ring substituents is 1. The van der Waals surface area contributed by atoms with Crippen LogP contribution in [0.5, 0.6) is 0 Å². The van der Waals surface area contributed by atoms with Gasteiger partial charge in [-0.2, -0.15) is 0 Å². The number of non-ortho nitro benzene ring substituents is 1. The maximum absolute atomic E-state index is 14.6. The molecule has 0 saturated carbocycles. The minimum Gasteiger partial charge on any atom is -0.465 e. The highest BCUT2D eigenvalue weighted by atomic mass is 35.5. The largest absolute Gasteiger partial charge is 0.465 e. The molecule has 8 heteroatoms. The molecule has 0 aromatic heterocycles. The van der Waals surface area contributed by atoms with E-state index in [1.807, 2.05) is 0 Å². The zero-order valence-electron chi connectivity index (χ0n) is 14.6. The lowest BCUT2D eigenvalue weighted by molar-refractivity contribution is -0.384. The van der Waals surface area contributed by atoms with Gasteiger partial charge in [0.25, 0.3) is 5.69 Å². The van der Waals surface area contributed by atoms with Crippen molar-refractivity contribution in [2.75, 3.05) is 12.8 Å². The normalized spacial score (nSPS) is 10.5. The van der Waals surface area contributed by atoms with E-state index in [-0.39, 0.29) is 33.1 Å². The van der Waals surface area contributed by atoms with E-state index in [1.54, 1.807) is 6.07 Å². The van der Waals surface area contributed by atoms with Crippen molar-refractivity contribution in [1.82, 2.24) is 0 Å². The van der Waals surface area contributed by atoms with Crippen LogP contribution in [0.4, 0.5) is 15.8 Å². The zero-order chi connectivity index (χ0) is 20.4. The number of carbonyl (C=O) groups is 1. The van der Waals surface area contributed by atoms with Gasteiger partial charge in [0.1, 0.15) is 5.82 Å². The summed E-state index contributed by atoms with van der Waals surface area (Å²) in [5.41, 5.74) is 7.50.